The van der Waals surface area contributed by atoms with E-state index in [-0.39, 0.29) is 5.91 Å². The molecule has 1 unspecified atom stereocenters. The van der Waals surface area contributed by atoms with Crippen molar-refractivity contribution in [2.24, 2.45) is 5.92 Å². The highest BCUT2D eigenvalue weighted by molar-refractivity contribution is 7.13. The number of hydrogen-bond donors (Lipinski definition) is 3. The third-order valence-corrected chi connectivity index (χ3v) is 8.81. The van der Waals surface area contributed by atoms with Crippen LogP contribution >= 0.6 is 11.3 Å². The van der Waals surface area contributed by atoms with E-state index in [2.05, 4.69) is 95.1 Å². The minimum atomic E-state index is 0.0709. The summed E-state index contributed by atoms with van der Waals surface area (Å²) in [5.74, 6) is 0.496. The fourth-order valence-corrected chi connectivity index (χ4v) is 6.45. The Kier molecular flexibility index (Phi) is 6.24. The number of carbonyl (C=O) groups excluding carboxylic acids is 1. The third-order valence-electron chi connectivity index (χ3n) is 7.77. The summed E-state index contributed by atoms with van der Waals surface area (Å²) in [5.41, 5.74) is 10.6. The van der Waals surface area contributed by atoms with Gasteiger partial charge in [-0.25, -0.2) is 4.98 Å². The lowest BCUT2D eigenvalue weighted by molar-refractivity contribution is -0.120. The number of aromatic amines is 2. The van der Waals surface area contributed by atoms with Gasteiger partial charge in [-0.05, 0) is 61.8 Å². The number of aromatic nitrogens is 4. The number of aryl methyl sites for hydroxylation is 1. The smallest absolute Gasteiger partial charge is 0.224 e. The standard InChI is InChI=1S/C33H31N5OS/c1-3-4-9-31(39)35-24-14-21-12-20(21)13-22(15-24)23-16-27-32(37-38-33(27)34-18-23)29-17-26-25(30-11-10-19(2)40-30)7-5-6-8-28(26)36-29/h5-7,10-11,13-18,20,36H,3-4,8-9,12H2,1-2H3,(H,35,39)(H,34,37,38). The lowest BCUT2D eigenvalue weighted by Crippen LogP contribution is -2.21. The van der Waals surface area contributed by atoms with Crippen molar-refractivity contribution < 1.29 is 4.79 Å². The van der Waals surface area contributed by atoms with Crippen molar-refractivity contribution in [3.05, 3.63) is 105 Å². The molecule has 3 N–H and O–H groups in total. The first-order valence-corrected chi connectivity index (χ1v) is 14.8. The molecule has 1 fully saturated rings. The number of fused-ring (bicyclic) bond motifs is 3. The Balaban J connectivity index is 1.24. The number of allylic oxidation sites excluding steroid dienone is 8. The SMILES string of the molecule is CCCCC(=O)NC1=CC(c2cnc3n[nH]c(-c4cc5c([nH]4)CC=CC=C5c4ccc(C)s4)c3c2)=CC2CC2=C1. The number of hydrogen-bond acceptors (Lipinski definition) is 4. The second-order valence-electron chi connectivity index (χ2n) is 10.8. The van der Waals surface area contributed by atoms with E-state index < -0.39 is 0 Å². The average molecular weight is 546 g/mol. The molecule has 4 heterocycles. The molecule has 200 valence electrons. The molecule has 7 rings (SSSR count). The summed E-state index contributed by atoms with van der Waals surface area (Å²) < 4.78 is 0. The minimum absolute atomic E-state index is 0.0709. The van der Waals surface area contributed by atoms with E-state index in [0.29, 0.717) is 18.0 Å². The van der Waals surface area contributed by atoms with Crippen LogP contribution in [0.4, 0.5) is 0 Å². The first-order valence-electron chi connectivity index (χ1n) is 14.0. The quantitative estimate of drug-likeness (QED) is 0.226. The second kappa shape index (κ2) is 10.1. The molecule has 0 aliphatic heterocycles. The summed E-state index contributed by atoms with van der Waals surface area (Å²) in [7, 11) is 0. The molecule has 7 heteroatoms. The van der Waals surface area contributed by atoms with Gasteiger partial charge in [0.1, 0.15) is 0 Å². The van der Waals surface area contributed by atoms with Gasteiger partial charge < -0.3 is 10.3 Å². The van der Waals surface area contributed by atoms with E-state index in [1.165, 1.54) is 32.2 Å². The molecular formula is C33H31N5OS. The maximum atomic E-state index is 12.5. The number of unbranched alkanes of at least 4 members (excludes halogenated alkanes) is 1. The predicted molar refractivity (Wildman–Crippen MR) is 163 cm³/mol. The molecule has 1 atom stereocenters. The molecular weight excluding hydrogens is 514 g/mol. The van der Waals surface area contributed by atoms with Crippen molar-refractivity contribution in [1.29, 1.82) is 0 Å². The molecule has 0 radical (unpaired) electrons. The number of pyridine rings is 1. The fraction of sp³-hybridized carbons (Fsp3) is 0.242. The van der Waals surface area contributed by atoms with Crippen molar-refractivity contribution in [1.82, 2.24) is 25.5 Å². The average Bonchev–Trinajstić information content (AvgIpc) is 3.22. The highest BCUT2D eigenvalue weighted by atomic mass is 32.1. The largest absolute Gasteiger partial charge is 0.356 e. The molecule has 0 bridgehead atoms. The van der Waals surface area contributed by atoms with Crippen LogP contribution in [0.2, 0.25) is 0 Å². The Bertz CT molecular complexity index is 1800. The molecule has 1 saturated carbocycles. The number of H-pyrrole nitrogens is 2. The zero-order chi connectivity index (χ0) is 27.2. The minimum Gasteiger partial charge on any atom is -0.356 e. The Morgan fingerprint density at radius 3 is 3.00 bits per heavy atom. The lowest BCUT2D eigenvalue weighted by Gasteiger charge is -2.08. The van der Waals surface area contributed by atoms with Gasteiger partial charge in [0.2, 0.25) is 5.91 Å². The number of amides is 1. The van der Waals surface area contributed by atoms with Gasteiger partial charge >= 0.3 is 0 Å². The van der Waals surface area contributed by atoms with Crippen LogP contribution in [0.15, 0.2) is 78.2 Å². The van der Waals surface area contributed by atoms with E-state index in [4.69, 9.17) is 4.98 Å². The summed E-state index contributed by atoms with van der Waals surface area (Å²) in [4.78, 5) is 23.4. The van der Waals surface area contributed by atoms with Crippen molar-refractivity contribution in [3.8, 4) is 11.4 Å². The van der Waals surface area contributed by atoms with Crippen LogP contribution in [0.3, 0.4) is 0 Å². The molecule has 4 aromatic heterocycles. The van der Waals surface area contributed by atoms with Crippen molar-refractivity contribution in [2.75, 3.05) is 0 Å². The van der Waals surface area contributed by atoms with Crippen LogP contribution in [-0.4, -0.2) is 26.1 Å². The molecule has 0 aromatic carbocycles. The van der Waals surface area contributed by atoms with E-state index in [1.807, 2.05) is 17.5 Å². The molecule has 0 spiro atoms. The van der Waals surface area contributed by atoms with Crippen LogP contribution in [0.5, 0.6) is 0 Å². The Hall–Kier alpha value is -4.23. The number of carbonyl (C=O) groups is 1. The maximum Gasteiger partial charge on any atom is 0.224 e. The summed E-state index contributed by atoms with van der Waals surface area (Å²) in [6, 6.07) is 8.78. The van der Waals surface area contributed by atoms with E-state index in [1.54, 1.807) is 0 Å². The van der Waals surface area contributed by atoms with Gasteiger partial charge in [-0.1, -0.05) is 43.2 Å². The highest BCUT2D eigenvalue weighted by Crippen LogP contribution is 2.44. The topological polar surface area (TPSA) is 86.5 Å². The number of nitrogens with zero attached hydrogens (tertiary/aromatic N) is 2. The van der Waals surface area contributed by atoms with E-state index >= 15 is 0 Å². The lowest BCUT2D eigenvalue weighted by atomic mass is 10.0. The van der Waals surface area contributed by atoms with Gasteiger partial charge in [-0.15, -0.1) is 11.3 Å². The maximum absolute atomic E-state index is 12.5. The monoisotopic (exact) mass is 545 g/mol. The first-order chi connectivity index (χ1) is 19.6. The highest BCUT2D eigenvalue weighted by Gasteiger charge is 2.30. The number of thiophene rings is 1. The van der Waals surface area contributed by atoms with Gasteiger partial charge in [0.15, 0.2) is 5.65 Å². The molecule has 6 nitrogen and oxygen atoms in total. The van der Waals surface area contributed by atoms with Crippen molar-refractivity contribution >= 4 is 39.4 Å². The van der Waals surface area contributed by atoms with Gasteiger partial charge in [-0.2, -0.15) is 5.10 Å². The Morgan fingerprint density at radius 2 is 2.15 bits per heavy atom. The van der Waals surface area contributed by atoms with Crippen molar-refractivity contribution in [3.63, 3.8) is 0 Å². The van der Waals surface area contributed by atoms with Crippen LogP contribution in [-0.2, 0) is 11.2 Å². The van der Waals surface area contributed by atoms with Crippen LogP contribution in [0.1, 0.15) is 59.2 Å². The van der Waals surface area contributed by atoms with Crippen molar-refractivity contribution in [2.45, 2.75) is 46.0 Å². The van der Waals surface area contributed by atoms with Crippen LogP contribution in [0, 0.1) is 12.8 Å². The summed E-state index contributed by atoms with van der Waals surface area (Å²) >= 11 is 1.82. The second-order valence-corrected chi connectivity index (χ2v) is 12.1. The summed E-state index contributed by atoms with van der Waals surface area (Å²) in [6.45, 7) is 4.25. The molecule has 40 heavy (non-hydrogen) atoms. The predicted octanol–water partition coefficient (Wildman–Crippen LogP) is 7.40. The summed E-state index contributed by atoms with van der Waals surface area (Å²) in [6.07, 6.45) is 19.3. The Morgan fingerprint density at radius 1 is 1.23 bits per heavy atom. The zero-order valence-corrected chi connectivity index (χ0v) is 23.5. The van der Waals surface area contributed by atoms with Crippen LogP contribution < -0.4 is 5.32 Å². The summed E-state index contributed by atoms with van der Waals surface area (Å²) in [5, 5.41) is 11.9. The molecule has 1 amide bonds. The Labute approximate surface area is 237 Å². The van der Waals surface area contributed by atoms with Crippen LogP contribution in [0.25, 0.3) is 33.6 Å². The molecule has 3 aliphatic rings. The number of rotatable bonds is 7. The zero-order valence-electron chi connectivity index (χ0n) is 22.7. The molecule has 3 aliphatic carbocycles. The molecule has 4 aromatic rings. The van der Waals surface area contributed by atoms with Gasteiger partial charge in [0.05, 0.1) is 11.4 Å². The molecule has 0 saturated heterocycles. The first kappa shape index (κ1) is 24.8. The fourth-order valence-electron chi connectivity index (χ4n) is 5.54. The van der Waals surface area contributed by atoms with Gasteiger partial charge in [-0.3, -0.25) is 9.89 Å². The third kappa shape index (κ3) is 4.71. The number of nitrogens with one attached hydrogen (secondary N) is 3. The van der Waals surface area contributed by atoms with Gasteiger partial charge in [0, 0.05) is 68.2 Å². The normalized spacial score (nSPS) is 17.7. The van der Waals surface area contributed by atoms with Gasteiger partial charge in [0.25, 0.3) is 0 Å². The van der Waals surface area contributed by atoms with E-state index in [9.17, 15) is 4.79 Å². The van der Waals surface area contributed by atoms with E-state index in [0.717, 1.165) is 59.3 Å².